The van der Waals surface area contributed by atoms with E-state index in [1.54, 1.807) is 36.7 Å². The topological polar surface area (TPSA) is 75.2 Å². The molecule has 2 aromatic heterocycles. The fraction of sp³-hybridized carbons (Fsp3) is 0.0667. The molecule has 0 aliphatic heterocycles. The van der Waals surface area contributed by atoms with Gasteiger partial charge in [0.25, 0.3) is 0 Å². The van der Waals surface area contributed by atoms with E-state index in [1.807, 2.05) is 12.3 Å². The lowest BCUT2D eigenvalue weighted by Crippen LogP contribution is -1.97. The molecule has 0 atom stereocenters. The number of H-pyrrole nitrogens is 1. The smallest absolute Gasteiger partial charge is 0.335 e. The minimum absolute atomic E-state index is 0.264. The number of ether oxygens (including phenoxy) is 1. The Morgan fingerprint density at radius 3 is 3.00 bits per heavy atom. The zero-order chi connectivity index (χ0) is 13.9. The molecule has 0 radical (unpaired) electrons. The van der Waals surface area contributed by atoms with Crippen LogP contribution in [0, 0.1) is 0 Å². The number of fused-ring (bicyclic) bond motifs is 1. The van der Waals surface area contributed by atoms with Crippen molar-refractivity contribution in [3.8, 4) is 5.75 Å². The number of aromatic carboxylic acids is 1. The molecule has 100 valence electrons. The Bertz CT molecular complexity index is 750. The normalized spacial score (nSPS) is 10.6. The molecule has 2 heterocycles. The van der Waals surface area contributed by atoms with E-state index in [9.17, 15) is 4.79 Å². The van der Waals surface area contributed by atoms with Crippen LogP contribution >= 0.6 is 0 Å². The van der Waals surface area contributed by atoms with Crippen molar-refractivity contribution in [2.45, 2.75) is 6.61 Å². The molecule has 0 spiro atoms. The molecule has 0 saturated heterocycles. The van der Waals surface area contributed by atoms with Gasteiger partial charge < -0.3 is 14.8 Å². The fourth-order valence-electron chi connectivity index (χ4n) is 2.02. The summed E-state index contributed by atoms with van der Waals surface area (Å²) in [5.74, 6) is -0.261. The first-order chi connectivity index (χ1) is 9.74. The van der Waals surface area contributed by atoms with Crippen LogP contribution in [0.25, 0.3) is 10.9 Å². The van der Waals surface area contributed by atoms with E-state index in [0.717, 1.165) is 16.5 Å². The molecule has 2 N–H and O–H groups in total. The maximum Gasteiger partial charge on any atom is 0.335 e. The van der Waals surface area contributed by atoms with Crippen LogP contribution < -0.4 is 4.74 Å². The van der Waals surface area contributed by atoms with Gasteiger partial charge in [-0.25, -0.2) is 4.79 Å². The third kappa shape index (κ3) is 2.33. The van der Waals surface area contributed by atoms with Crippen molar-refractivity contribution in [1.29, 1.82) is 0 Å². The van der Waals surface area contributed by atoms with Crippen molar-refractivity contribution in [1.82, 2.24) is 9.97 Å². The van der Waals surface area contributed by atoms with Gasteiger partial charge in [0.2, 0.25) is 0 Å². The summed E-state index contributed by atoms with van der Waals surface area (Å²) in [5.41, 5.74) is 2.06. The maximum atomic E-state index is 11.0. The van der Waals surface area contributed by atoms with Crippen LogP contribution in [0.15, 0.2) is 48.9 Å². The SMILES string of the molecule is O=C(O)c1ccc2[nH]cc(COc3cccnc3)c2c1. The number of aromatic nitrogens is 2. The van der Waals surface area contributed by atoms with Crippen molar-refractivity contribution in [2.24, 2.45) is 0 Å². The van der Waals surface area contributed by atoms with E-state index in [2.05, 4.69) is 9.97 Å². The molecular formula is C15H12N2O3. The molecule has 5 heteroatoms. The first-order valence-electron chi connectivity index (χ1n) is 6.10. The van der Waals surface area contributed by atoms with Gasteiger partial charge in [0, 0.05) is 28.9 Å². The van der Waals surface area contributed by atoms with E-state index >= 15 is 0 Å². The Labute approximate surface area is 114 Å². The number of hydrogen-bond acceptors (Lipinski definition) is 3. The van der Waals surface area contributed by atoms with Gasteiger partial charge in [0.1, 0.15) is 12.4 Å². The van der Waals surface area contributed by atoms with Crippen LogP contribution in [0.3, 0.4) is 0 Å². The molecule has 0 fully saturated rings. The second-order valence-electron chi connectivity index (χ2n) is 4.36. The summed E-state index contributed by atoms with van der Waals surface area (Å²) in [4.78, 5) is 18.1. The highest BCUT2D eigenvalue weighted by Gasteiger charge is 2.09. The molecular weight excluding hydrogens is 256 g/mol. The van der Waals surface area contributed by atoms with E-state index < -0.39 is 5.97 Å². The zero-order valence-electron chi connectivity index (χ0n) is 10.5. The van der Waals surface area contributed by atoms with Gasteiger partial charge in [-0.15, -0.1) is 0 Å². The molecule has 0 saturated carbocycles. The van der Waals surface area contributed by atoms with Crippen molar-refractivity contribution in [3.05, 3.63) is 60.0 Å². The zero-order valence-corrected chi connectivity index (χ0v) is 10.5. The summed E-state index contributed by atoms with van der Waals surface area (Å²) in [6.45, 7) is 0.356. The summed E-state index contributed by atoms with van der Waals surface area (Å²) in [6, 6.07) is 8.60. The quantitative estimate of drug-likeness (QED) is 0.763. The van der Waals surface area contributed by atoms with Gasteiger partial charge >= 0.3 is 5.97 Å². The summed E-state index contributed by atoms with van der Waals surface area (Å²) in [5, 5.41) is 9.89. The van der Waals surface area contributed by atoms with Gasteiger partial charge in [0.15, 0.2) is 0 Å². The van der Waals surface area contributed by atoms with Crippen molar-refractivity contribution in [2.75, 3.05) is 0 Å². The number of rotatable bonds is 4. The first-order valence-corrected chi connectivity index (χ1v) is 6.10. The number of carbonyl (C=O) groups is 1. The standard InChI is InChI=1S/C15H12N2O3/c18-15(19)10-3-4-14-13(6-10)11(7-17-14)9-20-12-2-1-5-16-8-12/h1-8,17H,9H2,(H,18,19). The Morgan fingerprint density at radius 1 is 1.35 bits per heavy atom. The number of pyridine rings is 1. The highest BCUT2D eigenvalue weighted by molar-refractivity contribution is 5.94. The molecule has 0 amide bonds. The van der Waals surface area contributed by atoms with Gasteiger partial charge in [-0.2, -0.15) is 0 Å². The Kier molecular flexibility index (Phi) is 3.09. The monoisotopic (exact) mass is 268 g/mol. The minimum Gasteiger partial charge on any atom is -0.487 e. The Morgan fingerprint density at radius 2 is 2.25 bits per heavy atom. The summed E-state index contributed by atoms with van der Waals surface area (Å²) < 4.78 is 5.63. The number of hydrogen-bond donors (Lipinski definition) is 2. The number of aromatic amines is 1. The fourth-order valence-corrected chi connectivity index (χ4v) is 2.02. The summed E-state index contributed by atoms with van der Waals surface area (Å²) in [6.07, 6.45) is 5.14. The average Bonchev–Trinajstić information content (AvgIpc) is 2.88. The second kappa shape index (κ2) is 5.05. The van der Waals surface area contributed by atoms with Crippen molar-refractivity contribution >= 4 is 16.9 Å². The minimum atomic E-state index is -0.938. The molecule has 1 aromatic carbocycles. The second-order valence-corrected chi connectivity index (χ2v) is 4.36. The number of carboxylic acid groups (broad SMARTS) is 1. The predicted molar refractivity (Wildman–Crippen MR) is 73.8 cm³/mol. The average molecular weight is 268 g/mol. The van der Waals surface area contributed by atoms with Gasteiger partial charge in [-0.3, -0.25) is 4.98 Å². The first kappa shape index (κ1) is 12.2. The predicted octanol–water partition coefficient (Wildman–Crippen LogP) is 2.84. The molecule has 0 aliphatic carbocycles. The lowest BCUT2D eigenvalue weighted by atomic mass is 10.1. The van der Waals surface area contributed by atoms with Crippen molar-refractivity contribution in [3.63, 3.8) is 0 Å². The van der Waals surface area contributed by atoms with Crippen LogP contribution in [-0.4, -0.2) is 21.0 Å². The van der Waals surface area contributed by atoms with Gasteiger partial charge in [-0.05, 0) is 30.3 Å². The van der Waals surface area contributed by atoms with Crippen LogP contribution in [-0.2, 0) is 6.61 Å². The van der Waals surface area contributed by atoms with Crippen molar-refractivity contribution < 1.29 is 14.6 Å². The molecule has 5 nitrogen and oxygen atoms in total. The summed E-state index contributed by atoms with van der Waals surface area (Å²) in [7, 11) is 0. The Hall–Kier alpha value is -2.82. The molecule has 20 heavy (non-hydrogen) atoms. The highest BCUT2D eigenvalue weighted by Crippen LogP contribution is 2.21. The maximum absolute atomic E-state index is 11.0. The van der Waals surface area contributed by atoms with Crippen LogP contribution in [0.1, 0.15) is 15.9 Å². The van der Waals surface area contributed by atoms with E-state index in [0.29, 0.717) is 12.4 Å². The number of nitrogens with zero attached hydrogens (tertiary/aromatic N) is 1. The van der Waals surface area contributed by atoms with Gasteiger partial charge in [-0.1, -0.05) is 0 Å². The molecule has 3 aromatic rings. The number of carboxylic acids is 1. The van der Waals surface area contributed by atoms with Gasteiger partial charge in [0.05, 0.1) is 11.8 Å². The third-order valence-electron chi connectivity index (χ3n) is 3.04. The summed E-state index contributed by atoms with van der Waals surface area (Å²) >= 11 is 0. The van der Waals surface area contributed by atoms with Crippen LogP contribution in [0.5, 0.6) is 5.75 Å². The van der Waals surface area contributed by atoms with E-state index in [-0.39, 0.29) is 5.56 Å². The Balaban J connectivity index is 1.88. The lowest BCUT2D eigenvalue weighted by molar-refractivity contribution is 0.0697. The third-order valence-corrected chi connectivity index (χ3v) is 3.04. The largest absolute Gasteiger partial charge is 0.487 e. The van der Waals surface area contributed by atoms with E-state index in [1.165, 1.54) is 0 Å². The van der Waals surface area contributed by atoms with E-state index in [4.69, 9.17) is 9.84 Å². The lowest BCUT2D eigenvalue weighted by Gasteiger charge is -2.04. The highest BCUT2D eigenvalue weighted by atomic mass is 16.5. The number of benzene rings is 1. The molecule has 0 unspecified atom stereocenters. The molecule has 0 aliphatic rings. The molecule has 0 bridgehead atoms. The number of nitrogens with one attached hydrogen (secondary N) is 1. The van der Waals surface area contributed by atoms with Crippen LogP contribution in [0.2, 0.25) is 0 Å². The molecule has 3 rings (SSSR count). The van der Waals surface area contributed by atoms with Crippen LogP contribution in [0.4, 0.5) is 0 Å².